The minimum atomic E-state index is -0.654. The van der Waals surface area contributed by atoms with Crippen molar-refractivity contribution in [2.75, 3.05) is 0 Å². The van der Waals surface area contributed by atoms with E-state index in [4.69, 9.17) is 5.11 Å². The summed E-state index contributed by atoms with van der Waals surface area (Å²) in [5, 5.41) is 8.99. The molecule has 0 saturated heterocycles. The van der Waals surface area contributed by atoms with Crippen LogP contribution >= 0.6 is 0 Å². The second-order valence-electron chi connectivity index (χ2n) is 4.48. The van der Waals surface area contributed by atoms with E-state index < -0.39 is 5.97 Å². The Morgan fingerprint density at radius 3 is 2.47 bits per heavy atom. The highest BCUT2D eigenvalue weighted by molar-refractivity contribution is 5.71. The van der Waals surface area contributed by atoms with Crippen molar-refractivity contribution in [1.29, 1.82) is 0 Å². The molecule has 0 saturated carbocycles. The van der Waals surface area contributed by atoms with Crippen molar-refractivity contribution in [3.8, 4) is 0 Å². The Kier molecular flexibility index (Phi) is 2.51. The van der Waals surface area contributed by atoms with E-state index in [1.165, 1.54) is 22.3 Å². The van der Waals surface area contributed by atoms with Gasteiger partial charge in [0.05, 0.1) is 5.92 Å². The molecule has 2 heteroatoms. The second-order valence-corrected chi connectivity index (χ2v) is 4.48. The zero-order chi connectivity index (χ0) is 11.0. The maximum absolute atomic E-state index is 10.9. The van der Waals surface area contributed by atoms with E-state index in [2.05, 4.69) is 26.0 Å². The molecule has 0 fully saturated rings. The van der Waals surface area contributed by atoms with Gasteiger partial charge in [-0.1, -0.05) is 12.1 Å². The average molecular weight is 204 g/mol. The predicted octanol–water partition coefficient (Wildman–Crippen LogP) is 2.49. The fourth-order valence-electron chi connectivity index (χ4n) is 2.27. The largest absolute Gasteiger partial charge is 0.481 e. The van der Waals surface area contributed by atoms with Crippen molar-refractivity contribution in [3.05, 3.63) is 34.4 Å². The number of carboxylic acids is 1. The number of benzene rings is 1. The Bertz CT molecular complexity index is 407. The predicted molar refractivity (Wildman–Crippen MR) is 59.1 cm³/mol. The van der Waals surface area contributed by atoms with Gasteiger partial charge in [-0.15, -0.1) is 0 Å². The van der Waals surface area contributed by atoms with E-state index in [1.807, 2.05) is 0 Å². The molecule has 0 aliphatic heterocycles. The number of fused-ring (bicyclic) bond motifs is 1. The van der Waals surface area contributed by atoms with Crippen LogP contribution in [0.4, 0.5) is 0 Å². The van der Waals surface area contributed by atoms with Crippen LogP contribution in [0, 0.1) is 19.8 Å². The van der Waals surface area contributed by atoms with Crippen molar-refractivity contribution < 1.29 is 9.90 Å². The first kappa shape index (κ1) is 10.2. The number of rotatable bonds is 1. The summed E-state index contributed by atoms with van der Waals surface area (Å²) in [6, 6.07) is 4.36. The van der Waals surface area contributed by atoms with Crippen molar-refractivity contribution in [2.24, 2.45) is 5.92 Å². The molecule has 1 aromatic carbocycles. The third-order valence-electron chi connectivity index (χ3n) is 3.39. The zero-order valence-corrected chi connectivity index (χ0v) is 9.21. The molecule has 15 heavy (non-hydrogen) atoms. The lowest BCUT2D eigenvalue weighted by Crippen LogP contribution is -2.22. The highest BCUT2D eigenvalue weighted by Gasteiger charge is 2.24. The van der Waals surface area contributed by atoms with Crippen LogP contribution in [0.25, 0.3) is 0 Å². The van der Waals surface area contributed by atoms with Crippen LogP contribution in [-0.2, 0) is 17.6 Å². The van der Waals surface area contributed by atoms with Crippen LogP contribution in [0.1, 0.15) is 28.7 Å². The van der Waals surface area contributed by atoms with Crippen molar-refractivity contribution in [3.63, 3.8) is 0 Å². The standard InChI is InChI=1S/C13H16O2/c1-8-5-10-3-4-11(13(14)15)7-12(10)6-9(8)2/h5-6,11H,3-4,7H2,1-2H3,(H,14,15). The van der Waals surface area contributed by atoms with E-state index in [1.54, 1.807) is 0 Å². The van der Waals surface area contributed by atoms with Gasteiger partial charge in [0.15, 0.2) is 0 Å². The minimum absolute atomic E-state index is 0.181. The summed E-state index contributed by atoms with van der Waals surface area (Å²) in [5.74, 6) is -0.835. The van der Waals surface area contributed by atoms with Crippen molar-refractivity contribution >= 4 is 5.97 Å². The van der Waals surface area contributed by atoms with Gasteiger partial charge in [0, 0.05) is 0 Å². The number of hydrogen-bond acceptors (Lipinski definition) is 1. The van der Waals surface area contributed by atoms with Crippen LogP contribution < -0.4 is 0 Å². The summed E-state index contributed by atoms with van der Waals surface area (Å²) >= 11 is 0. The molecular weight excluding hydrogens is 188 g/mol. The molecule has 1 aromatic rings. The van der Waals surface area contributed by atoms with E-state index in [0.29, 0.717) is 6.42 Å². The molecule has 1 atom stereocenters. The second kappa shape index (κ2) is 3.69. The van der Waals surface area contributed by atoms with Crippen LogP contribution in [0.2, 0.25) is 0 Å². The Morgan fingerprint density at radius 1 is 1.27 bits per heavy atom. The molecule has 80 valence electrons. The van der Waals surface area contributed by atoms with E-state index in [9.17, 15) is 4.79 Å². The third-order valence-corrected chi connectivity index (χ3v) is 3.39. The summed E-state index contributed by atoms with van der Waals surface area (Å²) in [4.78, 5) is 10.9. The Morgan fingerprint density at radius 2 is 1.87 bits per heavy atom. The molecule has 0 heterocycles. The normalized spacial score (nSPS) is 19.7. The maximum atomic E-state index is 10.9. The number of aliphatic carboxylic acids is 1. The van der Waals surface area contributed by atoms with Gasteiger partial charge in [0.2, 0.25) is 0 Å². The van der Waals surface area contributed by atoms with Gasteiger partial charge in [0.1, 0.15) is 0 Å². The molecule has 1 aliphatic rings. The molecule has 1 aliphatic carbocycles. The first-order valence-electron chi connectivity index (χ1n) is 5.39. The monoisotopic (exact) mass is 204 g/mol. The van der Waals surface area contributed by atoms with Gasteiger partial charge in [-0.2, -0.15) is 0 Å². The number of carboxylic acid groups (broad SMARTS) is 1. The van der Waals surface area contributed by atoms with Gasteiger partial charge >= 0.3 is 5.97 Å². The van der Waals surface area contributed by atoms with Gasteiger partial charge in [-0.05, 0) is 55.4 Å². The lowest BCUT2D eigenvalue weighted by atomic mass is 9.82. The van der Waals surface area contributed by atoms with Crippen molar-refractivity contribution in [2.45, 2.75) is 33.1 Å². The summed E-state index contributed by atoms with van der Waals surface area (Å²) in [7, 11) is 0. The maximum Gasteiger partial charge on any atom is 0.306 e. The first-order chi connectivity index (χ1) is 7.08. The fourth-order valence-corrected chi connectivity index (χ4v) is 2.27. The molecule has 2 rings (SSSR count). The van der Waals surface area contributed by atoms with Crippen LogP contribution in [-0.4, -0.2) is 11.1 Å². The summed E-state index contributed by atoms with van der Waals surface area (Å²) in [6.07, 6.45) is 2.39. The Hall–Kier alpha value is -1.31. The quantitative estimate of drug-likeness (QED) is 0.763. The van der Waals surface area contributed by atoms with Gasteiger partial charge in [-0.3, -0.25) is 4.79 Å². The lowest BCUT2D eigenvalue weighted by molar-refractivity contribution is -0.142. The van der Waals surface area contributed by atoms with Crippen LogP contribution in [0.3, 0.4) is 0 Å². The molecule has 0 bridgehead atoms. The lowest BCUT2D eigenvalue weighted by Gasteiger charge is -2.22. The Labute approximate surface area is 89.9 Å². The highest BCUT2D eigenvalue weighted by Crippen LogP contribution is 2.27. The number of aryl methyl sites for hydroxylation is 3. The van der Waals surface area contributed by atoms with Gasteiger partial charge in [0.25, 0.3) is 0 Å². The van der Waals surface area contributed by atoms with E-state index in [-0.39, 0.29) is 5.92 Å². The highest BCUT2D eigenvalue weighted by atomic mass is 16.4. The average Bonchev–Trinajstić information content (AvgIpc) is 2.19. The summed E-state index contributed by atoms with van der Waals surface area (Å²) in [6.45, 7) is 4.19. The van der Waals surface area contributed by atoms with Crippen LogP contribution in [0.5, 0.6) is 0 Å². The summed E-state index contributed by atoms with van der Waals surface area (Å²) in [5.41, 5.74) is 5.15. The number of carbonyl (C=O) groups is 1. The fraction of sp³-hybridized carbons (Fsp3) is 0.462. The smallest absolute Gasteiger partial charge is 0.306 e. The minimum Gasteiger partial charge on any atom is -0.481 e. The van der Waals surface area contributed by atoms with Crippen LogP contribution in [0.15, 0.2) is 12.1 Å². The van der Waals surface area contributed by atoms with Gasteiger partial charge < -0.3 is 5.11 Å². The molecule has 0 radical (unpaired) electrons. The molecular formula is C13H16O2. The Balaban J connectivity index is 2.34. The first-order valence-corrected chi connectivity index (χ1v) is 5.39. The number of hydrogen-bond donors (Lipinski definition) is 1. The molecule has 1 unspecified atom stereocenters. The molecule has 0 aromatic heterocycles. The molecule has 1 N–H and O–H groups in total. The third kappa shape index (κ3) is 1.89. The van der Waals surface area contributed by atoms with E-state index >= 15 is 0 Å². The zero-order valence-electron chi connectivity index (χ0n) is 9.21. The molecule has 0 spiro atoms. The van der Waals surface area contributed by atoms with Crippen molar-refractivity contribution in [1.82, 2.24) is 0 Å². The molecule has 2 nitrogen and oxygen atoms in total. The molecule has 0 amide bonds. The SMILES string of the molecule is Cc1cc2c(cc1C)CC(C(=O)O)CC2. The summed E-state index contributed by atoms with van der Waals surface area (Å²) < 4.78 is 0. The van der Waals surface area contributed by atoms with Gasteiger partial charge in [-0.25, -0.2) is 0 Å². The topological polar surface area (TPSA) is 37.3 Å². The van der Waals surface area contributed by atoms with E-state index in [0.717, 1.165) is 12.8 Å².